The first-order valence-electron chi connectivity index (χ1n) is 6.96. The predicted octanol–water partition coefficient (Wildman–Crippen LogP) is 3.88. The maximum Gasteiger partial charge on any atom is 0.347 e. The quantitative estimate of drug-likeness (QED) is 0.745. The van der Waals surface area contributed by atoms with Crippen LogP contribution in [-0.4, -0.2) is 24.6 Å². The van der Waals surface area contributed by atoms with Crippen LogP contribution in [0.25, 0.3) is 0 Å². The number of amides is 1. The van der Waals surface area contributed by atoms with E-state index in [2.05, 4.69) is 5.32 Å². The Balaban J connectivity index is 1.84. The van der Waals surface area contributed by atoms with Crippen molar-refractivity contribution in [1.82, 2.24) is 0 Å². The van der Waals surface area contributed by atoms with Gasteiger partial charge in [-0.05, 0) is 36.6 Å². The zero-order valence-corrected chi connectivity index (χ0v) is 15.2. The van der Waals surface area contributed by atoms with Gasteiger partial charge in [-0.1, -0.05) is 23.2 Å². The zero-order chi connectivity index (χ0) is 18.4. The number of ether oxygens (including phenoxy) is 2. The maximum atomic E-state index is 11.9. The number of rotatable bonds is 6. The van der Waals surface area contributed by atoms with E-state index >= 15 is 0 Å². The molecule has 0 saturated carbocycles. The van der Waals surface area contributed by atoms with Crippen LogP contribution in [0.15, 0.2) is 29.6 Å². The van der Waals surface area contributed by atoms with E-state index in [1.807, 2.05) is 6.07 Å². The van der Waals surface area contributed by atoms with Crippen molar-refractivity contribution in [2.45, 2.75) is 13.0 Å². The first-order chi connectivity index (χ1) is 11.9. The van der Waals surface area contributed by atoms with Gasteiger partial charge >= 0.3 is 5.97 Å². The number of hydrogen-bond donors (Lipinski definition) is 1. The number of carbonyl (C=O) groups excluding carboxylic acids is 2. The van der Waals surface area contributed by atoms with Crippen LogP contribution in [0.1, 0.15) is 12.5 Å². The lowest BCUT2D eigenvalue weighted by Gasteiger charge is -2.15. The fraction of sp³-hybridized carbons (Fsp3) is 0.188. The molecule has 9 heteroatoms. The van der Waals surface area contributed by atoms with E-state index in [9.17, 15) is 9.59 Å². The first kappa shape index (κ1) is 19.1. The highest BCUT2D eigenvalue weighted by Crippen LogP contribution is 2.28. The molecule has 0 saturated heterocycles. The van der Waals surface area contributed by atoms with Crippen molar-refractivity contribution < 1.29 is 19.1 Å². The third-order valence-electron chi connectivity index (χ3n) is 2.91. The van der Waals surface area contributed by atoms with Gasteiger partial charge in [0.05, 0.1) is 10.6 Å². The highest BCUT2D eigenvalue weighted by molar-refractivity contribution is 7.14. The molecule has 130 valence electrons. The van der Waals surface area contributed by atoms with Crippen molar-refractivity contribution in [3.8, 4) is 11.8 Å². The van der Waals surface area contributed by atoms with Crippen molar-refractivity contribution in [3.63, 3.8) is 0 Å². The Morgan fingerprint density at radius 1 is 1.36 bits per heavy atom. The Kier molecular flexibility index (Phi) is 6.65. The van der Waals surface area contributed by atoms with E-state index in [1.54, 1.807) is 17.5 Å². The van der Waals surface area contributed by atoms with Crippen LogP contribution >= 0.6 is 34.5 Å². The molecular weight excluding hydrogens is 387 g/mol. The molecule has 1 amide bonds. The Hall–Kier alpha value is -2.27. The monoisotopic (exact) mass is 398 g/mol. The van der Waals surface area contributed by atoms with Gasteiger partial charge in [0.1, 0.15) is 16.8 Å². The van der Waals surface area contributed by atoms with E-state index in [0.29, 0.717) is 15.6 Å². The lowest BCUT2D eigenvalue weighted by atomic mass is 10.3. The molecule has 0 unspecified atom stereocenters. The van der Waals surface area contributed by atoms with Crippen LogP contribution in [0.3, 0.4) is 0 Å². The molecule has 1 heterocycles. The fourth-order valence-electron chi connectivity index (χ4n) is 1.72. The topological polar surface area (TPSA) is 88.4 Å². The molecular formula is C16H12Cl2N2O4S. The molecule has 1 aromatic carbocycles. The third kappa shape index (κ3) is 5.36. The summed E-state index contributed by atoms with van der Waals surface area (Å²) in [5.74, 6) is -1.01. The second kappa shape index (κ2) is 8.72. The average Bonchev–Trinajstić information content (AvgIpc) is 3.02. The number of hydrogen-bond acceptors (Lipinski definition) is 6. The van der Waals surface area contributed by atoms with Gasteiger partial charge in [0.2, 0.25) is 0 Å². The van der Waals surface area contributed by atoms with E-state index < -0.39 is 24.6 Å². The van der Waals surface area contributed by atoms with E-state index in [0.717, 1.165) is 0 Å². The lowest BCUT2D eigenvalue weighted by Crippen LogP contribution is -2.29. The molecule has 0 bridgehead atoms. The summed E-state index contributed by atoms with van der Waals surface area (Å²) in [6.45, 7) is 0.974. The van der Waals surface area contributed by atoms with Crippen LogP contribution < -0.4 is 10.1 Å². The minimum absolute atomic E-state index is 0.256. The largest absolute Gasteiger partial charge is 0.477 e. The summed E-state index contributed by atoms with van der Waals surface area (Å²) in [7, 11) is 0. The van der Waals surface area contributed by atoms with E-state index in [4.69, 9.17) is 37.9 Å². The average molecular weight is 399 g/mol. The molecule has 1 aromatic heterocycles. The summed E-state index contributed by atoms with van der Waals surface area (Å²) in [5.41, 5.74) is 0.346. The van der Waals surface area contributed by atoms with Crippen molar-refractivity contribution >= 4 is 51.4 Å². The Bertz CT molecular complexity index is 832. The number of carbonyl (C=O) groups is 2. The normalized spacial score (nSPS) is 11.3. The molecule has 1 atom stereocenters. The van der Waals surface area contributed by atoms with Crippen LogP contribution in [0, 0.1) is 11.3 Å². The summed E-state index contributed by atoms with van der Waals surface area (Å²) in [6.07, 6.45) is -0.970. The maximum absolute atomic E-state index is 11.9. The van der Waals surface area contributed by atoms with Gasteiger partial charge in [0.15, 0.2) is 12.7 Å². The highest BCUT2D eigenvalue weighted by Gasteiger charge is 2.19. The molecule has 0 aliphatic heterocycles. The Morgan fingerprint density at radius 3 is 2.80 bits per heavy atom. The molecule has 0 aliphatic carbocycles. The molecule has 0 spiro atoms. The number of nitrogens with one attached hydrogen (secondary N) is 1. The molecule has 0 aliphatic rings. The van der Waals surface area contributed by atoms with E-state index in [1.165, 1.54) is 30.4 Å². The molecule has 0 fully saturated rings. The van der Waals surface area contributed by atoms with Crippen molar-refractivity contribution in [2.24, 2.45) is 0 Å². The molecule has 6 nitrogen and oxygen atoms in total. The minimum atomic E-state index is -0.970. The lowest BCUT2D eigenvalue weighted by molar-refractivity contribution is -0.153. The van der Waals surface area contributed by atoms with Gasteiger partial charge in [-0.25, -0.2) is 4.79 Å². The van der Waals surface area contributed by atoms with Gasteiger partial charge in [-0.15, -0.1) is 11.3 Å². The van der Waals surface area contributed by atoms with Crippen LogP contribution in [0.5, 0.6) is 5.75 Å². The van der Waals surface area contributed by atoms with Gasteiger partial charge in [0, 0.05) is 5.02 Å². The van der Waals surface area contributed by atoms with Gasteiger partial charge in [0.25, 0.3) is 5.91 Å². The summed E-state index contributed by atoms with van der Waals surface area (Å²) in [6, 6.07) is 8.11. The first-order valence-corrected chi connectivity index (χ1v) is 8.60. The Labute approximate surface area is 157 Å². The van der Waals surface area contributed by atoms with Gasteiger partial charge < -0.3 is 14.8 Å². The number of benzene rings is 1. The summed E-state index contributed by atoms with van der Waals surface area (Å²) in [4.78, 5) is 23.7. The van der Waals surface area contributed by atoms with Crippen molar-refractivity contribution in [3.05, 3.63) is 45.3 Å². The van der Waals surface area contributed by atoms with Crippen molar-refractivity contribution in [1.29, 1.82) is 5.26 Å². The second-order valence-corrected chi connectivity index (χ2v) is 6.53. The highest BCUT2D eigenvalue weighted by atomic mass is 35.5. The van der Waals surface area contributed by atoms with Gasteiger partial charge in [-0.2, -0.15) is 5.26 Å². The number of nitrogens with zero attached hydrogens (tertiary/aromatic N) is 1. The number of anilines is 1. The minimum Gasteiger partial charge on any atom is -0.477 e. The third-order valence-corrected chi connectivity index (χ3v) is 4.27. The number of nitriles is 1. The van der Waals surface area contributed by atoms with E-state index in [-0.39, 0.29) is 10.8 Å². The zero-order valence-electron chi connectivity index (χ0n) is 12.9. The number of thiophene rings is 1. The van der Waals surface area contributed by atoms with Crippen molar-refractivity contribution in [2.75, 3.05) is 11.9 Å². The van der Waals surface area contributed by atoms with Crippen LogP contribution in [0.4, 0.5) is 5.00 Å². The Morgan fingerprint density at radius 2 is 2.12 bits per heavy atom. The predicted molar refractivity (Wildman–Crippen MR) is 95.2 cm³/mol. The smallest absolute Gasteiger partial charge is 0.347 e. The summed E-state index contributed by atoms with van der Waals surface area (Å²) >= 11 is 13.0. The molecule has 25 heavy (non-hydrogen) atoms. The van der Waals surface area contributed by atoms with Crippen LogP contribution in [0.2, 0.25) is 10.0 Å². The number of esters is 1. The summed E-state index contributed by atoms with van der Waals surface area (Å²) < 4.78 is 10.3. The van der Waals surface area contributed by atoms with Gasteiger partial charge in [-0.3, -0.25) is 4.79 Å². The molecule has 2 rings (SSSR count). The fourth-order valence-corrected chi connectivity index (χ4v) is 2.93. The number of halogens is 2. The summed E-state index contributed by atoms with van der Waals surface area (Å²) in [5, 5.41) is 14.2. The second-order valence-electron chi connectivity index (χ2n) is 4.77. The SMILES string of the molecule is C[C@@H](Oc1ccc(Cl)cc1Cl)C(=O)OCC(=O)Nc1sccc1C#N. The molecule has 1 N–H and O–H groups in total. The van der Waals surface area contributed by atoms with Crippen LogP contribution in [-0.2, 0) is 14.3 Å². The standard InChI is InChI=1S/C16H12Cl2N2O4S/c1-9(24-13-3-2-11(17)6-12(13)18)16(22)23-8-14(21)20-15-10(7-19)4-5-25-15/h2-6,9H,8H2,1H3,(H,20,21)/t9-/m1/s1. The molecule has 0 radical (unpaired) electrons. The molecule has 2 aromatic rings.